The van der Waals surface area contributed by atoms with Gasteiger partial charge in [-0.2, -0.15) is 23.7 Å². The maximum absolute atomic E-state index is 12.9. The van der Waals surface area contributed by atoms with Crippen molar-refractivity contribution in [1.82, 2.24) is 0 Å². The predicted molar refractivity (Wildman–Crippen MR) is 52.2 cm³/mol. The second-order valence-corrected chi connectivity index (χ2v) is 3.81. The van der Waals surface area contributed by atoms with Crippen molar-refractivity contribution in [3.05, 3.63) is 22.5 Å². The topological polar surface area (TPSA) is 56.8 Å². The first-order valence-corrected chi connectivity index (χ1v) is 4.67. The highest BCUT2D eigenvalue weighted by molar-refractivity contribution is 5.53. The molecule has 3 nitrogen and oxygen atoms in total. The fraction of sp³-hybridized carbons (Fsp3) is 0.455. The van der Waals surface area contributed by atoms with Crippen LogP contribution in [0.3, 0.4) is 0 Å². The maximum atomic E-state index is 12.9. The molecule has 6 heteroatoms. The number of hydrogen-bond acceptors (Lipinski definition) is 3. The number of halogens is 3. The first-order chi connectivity index (χ1) is 7.69. The normalized spacial score (nSPS) is 27.3. The Balaban J connectivity index is 3.49. The summed E-state index contributed by atoms with van der Waals surface area (Å²) in [5, 5.41) is 17.5. The molecule has 0 saturated heterocycles. The van der Waals surface area contributed by atoms with Gasteiger partial charge in [-0.3, -0.25) is 0 Å². The largest absolute Gasteiger partial charge is 0.471 e. The molecular weight excluding hydrogens is 233 g/mol. The van der Waals surface area contributed by atoms with E-state index in [1.165, 1.54) is 13.8 Å². The number of nitriles is 2. The Morgan fingerprint density at radius 3 is 2.24 bits per heavy atom. The van der Waals surface area contributed by atoms with Crippen LogP contribution in [-0.4, -0.2) is 11.8 Å². The molecular formula is C11H9F3N2O. The van der Waals surface area contributed by atoms with E-state index in [9.17, 15) is 13.2 Å². The van der Waals surface area contributed by atoms with Crippen LogP contribution in [0.1, 0.15) is 20.8 Å². The minimum Gasteiger partial charge on any atom is -0.471 e. The van der Waals surface area contributed by atoms with Crippen molar-refractivity contribution in [3.63, 3.8) is 0 Å². The molecule has 0 spiro atoms. The third-order valence-corrected chi connectivity index (χ3v) is 2.78. The van der Waals surface area contributed by atoms with Crippen LogP contribution in [0.2, 0.25) is 0 Å². The highest BCUT2D eigenvalue weighted by Crippen LogP contribution is 2.48. The van der Waals surface area contributed by atoms with Crippen LogP contribution in [0.25, 0.3) is 0 Å². The summed E-state index contributed by atoms with van der Waals surface area (Å²) in [4.78, 5) is 0. The van der Waals surface area contributed by atoms with Crippen LogP contribution in [0.5, 0.6) is 0 Å². The molecule has 17 heavy (non-hydrogen) atoms. The number of allylic oxidation sites excluding steroid dienone is 2. The van der Waals surface area contributed by atoms with Gasteiger partial charge in [0.2, 0.25) is 5.60 Å². The molecule has 0 saturated carbocycles. The van der Waals surface area contributed by atoms with Gasteiger partial charge in [-0.1, -0.05) is 0 Å². The summed E-state index contributed by atoms with van der Waals surface area (Å²) in [6, 6.07) is 3.33. The van der Waals surface area contributed by atoms with Crippen LogP contribution in [-0.2, 0) is 4.74 Å². The van der Waals surface area contributed by atoms with E-state index in [2.05, 4.69) is 0 Å². The molecule has 90 valence electrons. The lowest BCUT2D eigenvalue weighted by atomic mass is 9.94. The molecule has 0 aromatic carbocycles. The maximum Gasteiger partial charge on any atom is 0.432 e. The quantitative estimate of drug-likeness (QED) is 0.613. The van der Waals surface area contributed by atoms with Crippen LogP contribution in [0, 0.1) is 22.7 Å². The van der Waals surface area contributed by atoms with E-state index in [0.29, 0.717) is 0 Å². The SMILES string of the molecule is CC1=C(C#N)/C(=C(/C)C#N)OC1(C)C(F)(F)F. The average Bonchev–Trinajstić information content (AvgIpc) is 2.51. The molecule has 0 amide bonds. The van der Waals surface area contributed by atoms with E-state index in [-0.39, 0.29) is 22.5 Å². The van der Waals surface area contributed by atoms with Gasteiger partial charge in [0.15, 0.2) is 5.76 Å². The van der Waals surface area contributed by atoms with Gasteiger partial charge in [-0.05, 0) is 20.8 Å². The molecule has 0 fully saturated rings. The molecule has 1 rings (SSSR count). The van der Waals surface area contributed by atoms with Crippen molar-refractivity contribution in [1.29, 1.82) is 10.5 Å². The second kappa shape index (κ2) is 3.81. The van der Waals surface area contributed by atoms with Gasteiger partial charge in [0.05, 0.1) is 17.2 Å². The highest BCUT2D eigenvalue weighted by atomic mass is 19.4. The Labute approximate surface area is 96.4 Å². The van der Waals surface area contributed by atoms with Gasteiger partial charge in [-0.25, -0.2) is 0 Å². The Hall–Kier alpha value is -1.95. The van der Waals surface area contributed by atoms with Crippen LogP contribution in [0.4, 0.5) is 13.2 Å². The zero-order valence-corrected chi connectivity index (χ0v) is 9.44. The lowest BCUT2D eigenvalue weighted by Gasteiger charge is -2.28. The van der Waals surface area contributed by atoms with Crippen molar-refractivity contribution < 1.29 is 17.9 Å². The summed E-state index contributed by atoms with van der Waals surface area (Å²) in [5.41, 5.74) is -3.03. The standard InChI is InChI=1S/C11H9F3N2O/c1-6(4-15)9-8(5-16)7(2)10(3,17-9)11(12,13)14/h1-3H3/b9-6+. The fourth-order valence-electron chi connectivity index (χ4n) is 1.46. The number of ether oxygens (including phenoxy) is 1. The minimum absolute atomic E-state index is 0.0473. The van der Waals surface area contributed by atoms with Crippen LogP contribution >= 0.6 is 0 Å². The summed E-state index contributed by atoms with van der Waals surface area (Å²) in [7, 11) is 0. The zero-order valence-electron chi connectivity index (χ0n) is 9.44. The van der Waals surface area contributed by atoms with Crippen molar-refractivity contribution in [2.45, 2.75) is 32.5 Å². The monoisotopic (exact) mass is 242 g/mol. The lowest BCUT2D eigenvalue weighted by Crippen LogP contribution is -2.43. The Kier molecular flexibility index (Phi) is 2.94. The predicted octanol–water partition coefficient (Wildman–Crippen LogP) is 2.98. The van der Waals surface area contributed by atoms with E-state index in [1.807, 2.05) is 0 Å². The highest BCUT2D eigenvalue weighted by Gasteiger charge is 2.59. The first kappa shape index (κ1) is 13.1. The molecule has 0 aromatic rings. The van der Waals surface area contributed by atoms with Crippen LogP contribution < -0.4 is 0 Å². The summed E-state index contributed by atoms with van der Waals surface area (Å²) < 4.78 is 43.4. The molecule has 1 atom stereocenters. The second-order valence-electron chi connectivity index (χ2n) is 3.81. The number of nitrogens with zero attached hydrogens (tertiary/aromatic N) is 2. The molecule has 0 aromatic heterocycles. The van der Waals surface area contributed by atoms with Gasteiger partial charge in [0.1, 0.15) is 6.07 Å². The average molecular weight is 242 g/mol. The van der Waals surface area contributed by atoms with E-state index < -0.39 is 11.8 Å². The molecule has 0 radical (unpaired) electrons. The first-order valence-electron chi connectivity index (χ1n) is 4.67. The summed E-state index contributed by atoms with van der Waals surface area (Å²) in [6.07, 6.45) is -4.64. The number of hydrogen-bond donors (Lipinski definition) is 0. The molecule has 1 aliphatic heterocycles. The minimum atomic E-state index is -4.64. The Bertz CT molecular complexity index is 502. The van der Waals surface area contributed by atoms with Gasteiger partial charge in [0.25, 0.3) is 0 Å². The molecule has 1 aliphatic rings. The lowest BCUT2D eigenvalue weighted by molar-refractivity contribution is -0.237. The van der Waals surface area contributed by atoms with Crippen molar-refractivity contribution in [3.8, 4) is 12.1 Å². The van der Waals surface area contributed by atoms with Gasteiger partial charge in [0, 0.05) is 5.57 Å². The third-order valence-electron chi connectivity index (χ3n) is 2.78. The summed E-state index contributed by atoms with van der Waals surface area (Å²) in [6.45, 7) is 3.34. The van der Waals surface area contributed by atoms with Crippen LogP contribution in [0.15, 0.2) is 22.5 Å². The van der Waals surface area contributed by atoms with Gasteiger partial charge >= 0.3 is 6.18 Å². The summed E-state index contributed by atoms with van der Waals surface area (Å²) >= 11 is 0. The molecule has 1 heterocycles. The fourth-order valence-corrected chi connectivity index (χ4v) is 1.46. The Morgan fingerprint density at radius 1 is 1.35 bits per heavy atom. The molecule has 0 N–H and O–H groups in total. The molecule has 1 unspecified atom stereocenters. The van der Waals surface area contributed by atoms with Crippen molar-refractivity contribution in [2.75, 3.05) is 0 Å². The van der Waals surface area contributed by atoms with Gasteiger partial charge < -0.3 is 4.74 Å². The zero-order chi connectivity index (χ0) is 13.4. The summed E-state index contributed by atoms with van der Waals surface area (Å²) in [5.74, 6) is -0.285. The van der Waals surface area contributed by atoms with E-state index in [1.54, 1.807) is 12.1 Å². The smallest absolute Gasteiger partial charge is 0.432 e. The van der Waals surface area contributed by atoms with E-state index >= 15 is 0 Å². The number of alkyl halides is 3. The van der Waals surface area contributed by atoms with Crippen molar-refractivity contribution in [2.24, 2.45) is 0 Å². The van der Waals surface area contributed by atoms with E-state index in [4.69, 9.17) is 15.3 Å². The third kappa shape index (κ3) is 1.76. The molecule has 0 aliphatic carbocycles. The number of rotatable bonds is 0. The Morgan fingerprint density at radius 2 is 1.88 bits per heavy atom. The van der Waals surface area contributed by atoms with E-state index in [0.717, 1.165) is 6.92 Å². The van der Waals surface area contributed by atoms with Crippen molar-refractivity contribution >= 4 is 0 Å². The molecule has 0 bridgehead atoms. The van der Waals surface area contributed by atoms with Gasteiger partial charge in [-0.15, -0.1) is 0 Å².